The van der Waals surface area contributed by atoms with E-state index in [9.17, 15) is 16.8 Å². The lowest BCUT2D eigenvalue weighted by molar-refractivity contribution is 0.222. The van der Waals surface area contributed by atoms with Crippen molar-refractivity contribution in [1.82, 2.24) is 4.31 Å². The quantitative estimate of drug-likeness (QED) is 0.748. The van der Waals surface area contributed by atoms with Crippen LogP contribution in [-0.4, -0.2) is 34.2 Å². The average molecular weight is 437 g/mol. The molecule has 0 bridgehead atoms. The minimum Gasteiger partial charge on any atom is -0.280 e. The smallest absolute Gasteiger partial charge is 0.261 e. The van der Waals surface area contributed by atoms with Gasteiger partial charge < -0.3 is 0 Å². The van der Waals surface area contributed by atoms with Gasteiger partial charge in [-0.3, -0.25) is 4.72 Å². The Hall–Kier alpha value is -1.90. The number of nitrogens with one attached hydrogen (secondary N) is 1. The molecule has 3 rings (SSSR count). The summed E-state index contributed by atoms with van der Waals surface area (Å²) in [5, 5.41) is 0. The second-order valence-electron chi connectivity index (χ2n) is 7.90. The van der Waals surface area contributed by atoms with E-state index in [1.165, 1.54) is 28.6 Å². The van der Waals surface area contributed by atoms with Gasteiger partial charge in [0.05, 0.1) is 9.79 Å². The zero-order chi connectivity index (χ0) is 21.2. The van der Waals surface area contributed by atoms with E-state index in [0.29, 0.717) is 30.6 Å². The number of hydrogen-bond acceptors (Lipinski definition) is 4. The number of rotatable bonds is 6. The Morgan fingerprint density at radius 2 is 1.38 bits per heavy atom. The summed E-state index contributed by atoms with van der Waals surface area (Å²) in [6.45, 7) is 7.14. The molecule has 1 saturated heterocycles. The Bertz CT molecular complexity index is 1040. The zero-order valence-electron chi connectivity index (χ0n) is 17.0. The molecule has 0 aliphatic carbocycles. The Morgan fingerprint density at radius 1 is 0.862 bits per heavy atom. The zero-order valence-corrected chi connectivity index (χ0v) is 18.6. The number of sulfonamides is 2. The van der Waals surface area contributed by atoms with Crippen LogP contribution in [0, 0.1) is 11.8 Å². The van der Waals surface area contributed by atoms with E-state index in [0.717, 1.165) is 18.4 Å². The minimum atomic E-state index is -3.73. The highest BCUT2D eigenvalue weighted by Crippen LogP contribution is 2.27. The summed E-state index contributed by atoms with van der Waals surface area (Å²) < 4.78 is 55.1. The molecular weight excluding hydrogens is 408 g/mol. The second-order valence-corrected chi connectivity index (χ2v) is 11.5. The summed E-state index contributed by atoms with van der Waals surface area (Å²) in [5.41, 5.74) is 1.38. The maximum Gasteiger partial charge on any atom is 0.261 e. The molecule has 2 atom stereocenters. The van der Waals surface area contributed by atoms with Gasteiger partial charge in [0.2, 0.25) is 10.0 Å². The Labute approximate surface area is 174 Å². The number of aryl methyl sites for hydroxylation is 1. The van der Waals surface area contributed by atoms with E-state index in [1.54, 1.807) is 24.3 Å². The van der Waals surface area contributed by atoms with Crippen molar-refractivity contribution in [3.8, 4) is 0 Å². The summed E-state index contributed by atoms with van der Waals surface area (Å²) in [6, 6.07) is 12.6. The van der Waals surface area contributed by atoms with Crippen LogP contribution >= 0.6 is 0 Å². The number of nitrogens with zero attached hydrogens (tertiary/aromatic N) is 1. The molecule has 0 saturated carbocycles. The normalized spacial score (nSPS) is 21.1. The first-order valence-electron chi connectivity index (χ1n) is 9.84. The van der Waals surface area contributed by atoms with E-state index < -0.39 is 20.0 Å². The van der Waals surface area contributed by atoms with Crippen LogP contribution in [-0.2, 0) is 26.5 Å². The third-order valence-electron chi connectivity index (χ3n) is 5.22. The first-order valence-corrected chi connectivity index (χ1v) is 12.8. The Morgan fingerprint density at radius 3 is 1.90 bits per heavy atom. The largest absolute Gasteiger partial charge is 0.280 e. The maximum atomic E-state index is 12.9. The molecule has 1 N–H and O–H groups in total. The fourth-order valence-corrected chi connectivity index (χ4v) is 6.50. The number of benzene rings is 2. The third kappa shape index (κ3) is 4.99. The molecule has 1 heterocycles. The molecule has 6 nitrogen and oxygen atoms in total. The van der Waals surface area contributed by atoms with Gasteiger partial charge in [-0.05, 0) is 66.6 Å². The third-order valence-corrected chi connectivity index (χ3v) is 8.46. The van der Waals surface area contributed by atoms with Crippen molar-refractivity contribution in [2.75, 3.05) is 17.8 Å². The lowest BCUT2D eigenvalue weighted by Gasteiger charge is -2.34. The number of hydrogen-bond donors (Lipinski definition) is 1. The fraction of sp³-hybridized carbons (Fsp3) is 0.429. The summed E-state index contributed by atoms with van der Waals surface area (Å²) in [6.07, 6.45) is 1.85. The monoisotopic (exact) mass is 436 g/mol. The van der Waals surface area contributed by atoms with Crippen molar-refractivity contribution in [3.63, 3.8) is 0 Å². The van der Waals surface area contributed by atoms with Crippen LogP contribution in [0.15, 0.2) is 58.3 Å². The van der Waals surface area contributed by atoms with Crippen molar-refractivity contribution in [1.29, 1.82) is 0 Å². The van der Waals surface area contributed by atoms with Crippen molar-refractivity contribution in [3.05, 3.63) is 54.1 Å². The molecular formula is C21H28N2O4S2. The SMILES string of the molecule is CCc1ccc(S(=O)(=O)Nc2ccc(S(=O)(=O)N3CC(C)CC(C)C3)cc2)cc1. The van der Waals surface area contributed by atoms with Crippen molar-refractivity contribution in [2.45, 2.75) is 43.4 Å². The number of piperidine rings is 1. The lowest BCUT2D eigenvalue weighted by atomic mass is 9.94. The average Bonchev–Trinajstić information content (AvgIpc) is 2.67. The van der Waals surface area contributed by atoms with E-state index in [1.807, 2.05) is 6.92 Å². The Kier molecular flexibility index (Phi) is 6.36. The van der Waals surface area contributed by atoms with Crippen LogP contribution in [0.3, 0.4) is 0 Å². The van der Waals surface area contributed by atoms with Gasteiger partial charge in [0, 0.05) is 18.8 Å². The van der Waals surface area contributed by atoms with Crippen molar-refractivity contribution < 1.29 is 16.8 Å². The lowest BCUT2D eigenvalue weighted by Crippen LogP contribution is -2.42. The molecule has 158 valence electrons. The molecule has 8 heteroatoms. The highest BCUT2D eigenvalue weighted by atomic mass is 32.2. The first-order chi connectivity index (χ1) is 13.6. The number of anilines is 1. The molecule has 1 aliphatic heterocycles. The summed E-state index contributed by atoms with van der Waals surface area (Å²) in [4.78, 5) is 0.344. The minimum absolute atomic E-state index is 0.169. The molecule has 1 fully saturated rings. The second kappa shape index (κ2) is 8.45. The summed E-state index contributed by atoms with van der Waals surface area (Å²) in [7, 11) is -7.32. The molecule has 29 heavy (non-hydrogen) atoms. The van der Waals surface area contributed by atoms with Gasteiger partial charge in [0.25, 0.3) is 10.0 Å². The predicted molar refractivity (Wildman–Crippen MR) is 115 cm³/mol. The topological polar surface area (TPSA) is 83.5 Å². The van der Waals surface area contributed by atoms with Crippen LogP contribution in [0.4, 0.5) is 5.69 Å². The van der Waals surface area contributed by atoms with Crippen LogP contribution < -0.4 is 4.72 Å². The molecule has 0 spiro atoms. The van der Waals surface area contributed by atoms with E-state index in [-0.39, 0.29) is 9.79 Å². The molecule has 2 aromatic carbocycles. The maximum absolute atomic E-state index is 12.9. The van der Waals surface area contributed by atoms with Crippen molar-refractivity contribution in [2.24, 2.45) is 11.8 Å². The molecule has 0 aromatic heterocycles. The van der Waals surface area contributed by atoms with Gasteiger partial charge in [-0.15, -0.1) is 0 Å². The first kappa shape index (κ1) is 21.8. The van der Waals surface area contributed by atoms with Gasteiger partial charge in [0.1, 0.15) is 0 Å². The van der Waals surface area contributed by atoms with Crippen LogP contribution in [0.5, 0.6) is 0 Å². The van der Waals surface area contributed by atoms with Gasteiger partial charge in [0.15, 0.2) is 0 Å². The molecule has 2 unspecified atom stereocenters. The molecule has 0 amide bonds. The van der Waals surface area contributed by atoms with Gasteiger partial charge >= 0.3 is 0 Å². The summed E-state index contributed by atoms with van der Waals surface area (Å²) >= 11 is 0. The van der Waals surface area contributed by atoms with Gasteiger partial charge in [-0.1, -0.05) is 32.9 Å². The van der Waals surface area contributed by atoms with Crippen molar-refractivity contribution >= 4 is 25.7 Å². The van der Waals surface area contributed by atoms with Gasteiger partial charge in [-0.25, -0.2) is 16.8 Å². The summed E-state index contributed by atoms with van der Waals surface area (Å²) in [5.74, 6) is 0.636. The Balaban J connectivity index is 1.77. The highest BCUT2D eigenvalue weighted by molar-refractivity contribution is 7.92. The van der Waals surface area contributed by atoms with E-state index in [2.05, 4.69) is 18.6 Å². The van der Waals surface area contributed by atoms with E-state index in [4.69, 9.17) is 0 Å². The predicted octanol–water partition coefficient (Wildman–Crippen LogP) is 3.72. The van der Waals surface area contributed by atoms with Gasteiger partial charge in [-0.2, -0.15) is 4.31 Å². The molecule has 1 aliphatic rings. The van der Waals surface area contributed by atoms with E-state index >= 15 is 0 Å². The van der Waals surface area contributed by atoms with Crippen LogP contribution in [0.2, 0.25) is 0 Å². The van der Waals surface area contributed by atoms with Crippen LogP contribution in [0.25, 0.3) is 0 Å². The molecule has 0 radical (unpaired) electrons. The highest BCUT2D eigenvalue weighted by Gasteiger charge is 2.31. The standard InChI is InChI=1S/C21H28N2O4S2/c1-4-18-5-9-20(10-6-18)28(24,25)22-19-7-11-21(12-8-19)29(26,27)23-14-16(2)13-17(3)15-23/h5-12,16-17,22H,4,13-15H2,1-3H3. The fourth-order valence-electron chi connectivity index (χ4n) is 3.76. The molecule has 2 aromatic rings. The van der Waals surface area contributed by atoms with Crippen LogP contribution in [0.1, 0.15) is 32.8 Å².